The Bertz CT molecular complexity index is 961. The van der Waals surface area contributed by atoms with Crippen LogP contribution in [0.1, 0.15) is 49.0 Å². The van der Waals surface area contributed by atoms with E-state index in [4.69, 9.17) is 14.9 Å². The van der Waals surface area contributed by atoms with Crippen molar-refractivity contribution < 1.29 is 27.5 Å². The van der Waals surface area contributed by atoms with Gasteiger partial charge in [0.1, 0.15) is 0 Å². The summed E-state index contributed by atoms with van der Waals surface area (Å²) in [5.41, 5.74) is 6.70. The van der Waals surface area contributed by atoms with Gasteiger partial charge in [0.2, 0.25) is 5.89 Å². The predicted octanol–water partition coefficient (Wildman–Crippen LogP) is 3.19. The maximum absolute atomic E-state index is 13.1. The number of alkyl halides is 2. The first-order valence-electron chi connectivity index (χ1n) is 10.8. The van der Waals surface area contributed by atoms with E-state index in [1.54, 1.807) is 17.9 Å². The molecule has 1 aromatic carbocycles. The summed E-state index contributed by atoms with van der Waals surface area (Å²) < 4.78 is 41.8. The average Bonchev–Trinajstić information content (AvgIpc) is 3.47. The lowest BCUT2D eigenvalue weighted by Crippen LogP contribution is -2.51. The fourth-order valence-electron chi connectivity index (χ4n) is 3.62. The van der Waals surface area contributed by atoms with Crippen LogP contribution < -0.4 is 20.5 Å². The van der Waals surface area contributed by atoms with Crippen LogP contribution in [0, 0.1) is 5.92 Å². The number of nitrogens with one attached hydrogen (secondary N) is 1. The van der Waals surface area contributed by atoms with E-state index < -0.39 is 12.7 Å². The molecule has 0 unspecified atom stereocenters. The summed E-state index contributed by atoms with van der Waals surface area (Å²) in [4.78, 5) is 19.3. The lowest BCUT2D eigenvalue weighted by Gasteiger charge is -2.31. The van der Waals surface area contributed by atoms with Crippen LogP contribution in [0.15, 0.2) is 22.6 Å². The second-order valence-corrected chi connectivity index (χ2v) is 8.42. The molecule has 2 aromatic rings. The van der Waals surface area contributed by atoms with Crippen LogP contribution in [0.5, 0.6) is 11.5 Å². The number of oxazole rings is 1. The molecule has 2 aliphatic rings. The van der Waals surface area contributed by atoms with Gasteiger partial charge in [-0.3, -0.25) is 4.79 Å². The van der Waals surface area contributed by atoms with Gasteiger partial charge >= 0.3 is 6.61 Å². The van der Waals surface area contributed by atoms with Crippen molar-refractivity contribution in [2.75, 3.05) is 26.2 Å². The summed E-state index contributed by atoms with van der Waals surface area (Å²) in [5.74, 6) is 0.750. The monoisotopic (exact) mass is 450 g/mol. The van der Waals surface area contributed by atoms with Crippen molar-refractivity contribution in [3.63, 3.8) is 0 Å². The van der Waals surface area contributed by atoms with Gasteiger partial charge in [-0.2, -0.15) is 8.78 Å². The van der Waals surface area contributed by atoms with Crippen LogP contribution >= 0.6 is 0 Å². The van der Waals surface area contributed by atoms with Crippen molar-refractivity contribution in [2.24, 2.45) is 11.7 Å². The highest BCUT2D eigenvalue weighted by Gasteiger charge is 2.30. The topological polar surface area (TPSA) is 103 Å². The Morgan fingerprint density at radius 3 is 2.81 bits per heavy atom. The average molecular weight is 450 g/mol. The largest absolute Gasteiger partial charge is 0.489 e. The third-order valence-electron chi connectivity index (χ3n) is 5.50. The van der Waals surface area contributed by atoms with E-state index in [0.717, 1.165) is 12.8 Å². The SMILES string of the molecule is C[C@@H]1CN(C(=O)c2nc(-c3ccc(OC(F)F)c(OCC4CC4)c3)oc2[C@H](C)N)CCN1. The van der Waals surface area contributed by atoms with Crippen molar-refractivity contribution >= 4 is 5.91 Å². The molecule has 32 heavy (non-hydrogen) atoms. The third-order valence-corrected chi connectivity index (χ3v) is 5.50. The molecule has 10 heteroatoms. The maximum Gasteiger partial charge on any atom is 0.387 e. The quantitative estimate of drug-likeness (QED) is 0.637. The highest BCUT2D eigenvalue weighted by atomic mass is 19.3. The Labute approximate surface area is 185 Å². The Hall–Kier alpha value is -2.72. The zero-order valence-corrected chi connectivity index (χ0v) is 18.1. The van der Waals surface area contributed by atoms with Gasteiger partial charge < -0.3 is 29.8 Å². The van der Waals surface area contributed by atoms with E-state index in [2.05, 4.69) is 15.0 Å². The summed E-state index contributed by atoms with van der Waals surface area (Å²) in [6.07, 6.45) is 2.11. The van der Waals surface area contributed by atoms with Gasteiger partial charge in [-0.15, -0.1) is 0 Å². The number of hydrogen-bond donors (Lipinski definition) is 2. The normalized spacial score (nSPS) is 19.8. The molecule has 8 nitrogen and oxygen atoms in total. The number of ether oxygens (including phenoxy) is 2. The molecule has 1 aliphatic carbocycles. The molecule has 3 N–H and O–H groups in total. The number of rotatable bonds is 8. The number of hydrogen-bond acceptors (Lipinski definition) is 7. The van der Waals surface area contributed by atoms with Crippen LogP contribution in [-0.4, -0.2) is 54.7 Å². The van der Waals surface area contributed by atoms with Gasteiger partial charge in [0, 0.05) is 31.2 Å². The summed E-state index contributed by atoms with van der Waals surface area (Å²) >= 11 is 0. The lowest BCUT2D eigenvalue weighted by atomic mass is 10.1. The highest BCUT2D eigenvalue weighted by molar-refractivity contribution is 5.94. The molecule has 1 saturated heterocycles. The second kappa shape index (κ2) is 9.41. The fourth-order valence-corrected chi connectivity index (χ4v) is 3.62. The van der Waals surface area contributed by atoms with Crippen LogP contribution in [0.4, 0.5) is 8.78 Å². The molecular weight excluding hydrogens is 422 g/mol. The molecule has 0 radical (unpaired) electrons. The highest BCUT2D eigenvalue weighted by Crippen LogP contribution is 2.37. The summed E-state index contributed by atoms with van der Waals surface area (Å²) in [6.45, 7) is 2.97. The van der Waals surface area contributed by atoms with E-state index in [9.17, 15) is 13.6 Å². The minimum absolute atomic E-state index is 0.0607. The minimum atomic E-state index is -2.97. The lowest BCUT2D eigenvalue weighted by molar-refractivity contribution is -0.0515. The van der Waals surface area contributed by atoms with Crippen molar-refractivity contribution in [2.45, 2.75) is 45.4 Å². The molecule has 2 heterocycles. The zero-order valence-electron chi connectivity index (χ0n) is 18.1. The van der Waals surface area contributed by atoms with Gasteiger partial charge in [-0.1, -0.05) is 0 Å². The number of piperazine rings is 1. The van der Waals surface area contributed by atoms with Gasteiger partial charge in [0.05, 0.1) is 12.6 Å². The van der Waals surface area contributed by atoms with Crippen molar-refractivity contribution in [1.29, 1.82) is 0 Å². The maximum atomic E-state index is 13.1. The molecule has 0 bridgehead atoms. The van der Waals surface area contributed by atoms with Crippen LogP contribution in [-0.2, 0) is 0 Å². The summed E-state index contributed by atoms with van der Waals surface area (Å²) in [6, 6.07) is 4.09. The standard InChI is InChI=1S/C22H28F2N4O4/c1-12-10-28(8-7-26-12)21(29)18-19(13(2)25)32-20(27-18)15-5-6-16(31-22(23)24)17(9-15)30-11-14-3-4-14/h5-6,9,12-14,22,26H,3-4,7-8,10-11,25H2,1-2H3/t12-,13+/m1/s1. The Kier molecular flexibility index (Phi) is 6.61. The second-order valence-electron chi connectivity index (χ2n) is 8.42. The minimum Gasteiger partial charge on any atom is -0.489 e. The Morgan fingerprint density at radius 2 is 2.16 bits per heavy atom. The van der Waals surface area contributed by atoms with Crippen molar-refractivity contribution in [1.82, 2.24) is 15.2 Å². The van der Waals surface area contributed by atoms with E-state index in [1.165, 1.54) is 12.1 Å². The van der Waals surface area contributed by atoms with E-state index in [0.29, 0.717) is 37.7 Å². The molecule has 174 valence electrons. The van der Waals surface area contributed by atoms with Gasteiger partial charge in [0.25, 0.3) is 5.91 Å². The van der Waals surface area contributed by atoms with Crippen LogP contribution in [0.2, 0.25) is 0 Å². The number of carbonyl (C=O) groups excluding carboxylic acids is 1. The van der Waals surface area contributed by atoms with Gasteiger partial charge in [-0.05, 0) is 50.8 Å². The molecule has 1 saturated carbocycles. The number of halogens is 2. The zero-order chi connectivity index (χ0) is 22.8. The van der Waals surface area contributed by atoms with Crippen molar-refractivity contribution in [3.8, 4) is 23.0 Å². The molecule has 1 amide bonds. The fraction of sp³-hybridized carbons (Fsp3) is 0.545. The molecule has 2 fully saturated rings. The van der Waals surface area contributed by atoms with Crippen LogP contribution in [0.3, 0.4) is 0 Å². The molecule has 4 rings (SSSR count). The number of carbonyl (C=O) groups is 1. The van der Waals surface area contributed by atoms with Gasteiger partial charge in [0.15, 0.2) is 23.0 Å². The first kappa shape index (κ1) is 22.5. The third kappa shape index (κ3) is 5.18. The predicted molar refractivity (Wildman–Crippen MR) is 113 cm³/mol. The molecule has 1 aromatic heterocycles. The molecule has 2 atom stereocenters. The molecular formula is C22H28F2N4O4. The Balaban J connectivity index is 1.64. The number of nitrogens with zero attached hydrogens (tertiary/aromatic N) is 2. The first-order chi connectivity index (χ1) is 15.3. The number of benzene rings is 1. The Morgan fingerprint density at radius 1 is 1.38 bits per heavy atom. The van der Waals surface area contributed by atoms with E-state index in [-0.39, 0.29) is 40.8 Å². The number of aromatic nitrogens is 1. The smallest absolute Gasteiger partial charge is 0.387 e. The summed E-state index contributed by atoms with van der Waals surface area (Å²) in [7, 11) is 0. The number of amides is 1. The van der Waals surface area contributed by atoms with Crippen molar-refractivity contribution in [3.05, 3.63) is 29.7 Å². The van der Waals surface area contributed by atoms with Gasteiger partial charge in [-0.25, -0.2) is 4.98 Å². The van der Waals surface area contributed by atoms with E-state index >= 15 is 0 Å². The van der Waals surface area contributed by atoms with Crippen LogP contribution in [0.25, 0.3) is 11.5 Å². The molecule has 0 spiro atoms. The summed E-state index contributed by atoms with van der Waals surface area (Å²) in [5, 5.41) is 3.29. The first-order valence-corrected chi connectivity index (χ1v) is 10.8. The molecule has 1 aliphatic heterocycles. The van der Waals surface area contributed by atoms with E-state index in [1.807, 2.05) is 6.92 Å². The number of nitrogens with two attached hydrogens (primary N) is 1.